The van der Waals surface area contributed by atoms with Crippen LogP contribution in [0.3, 0.4) is 0 Å². The molecule has 2 amide bonds. The minimum Gasteiger partial charge on any atom is -0.493 e. The minimum absolute atomic E-state index is 0.0625. The Bertz CT molecular complexity index is 907. The highest BCUT2D eigenvalue weighted by atomic mass is 32.1. The van der Waals surface area contributed by atoms with Gasteiger partial charge in [-0.05, 0) is 30.5 Å². The van der Waals surface area contributed by atoms with Crippen molar-refractivity contribution in [3.05, 3.63) is 34.3 Å². The van der Waals surface area contributed by atoms with E-state index in [1.54, 1.807) is 14.2 Å². The van der Waals surface area contributed by atoms with Gasteiger partial charge in [0.15, 0.2) is 16.6 Å². The SMILES string of the molecule is COc1ccc(CC(=O)N2CCc3nc(NC(=O)C4CC4)sc3C2)cc1OC. The summed E-state index contributed by atoms with van der Waals surface area (Å²) in [7, 11) is 3.17. The molecule has 4 rings (SSSR count). The van der Waals surface area contributed by atoms with E-state index >= 15 is 0 Å². The summed E-state index contributed by atoms with van der Waals surface area (Å²) in [5.41, 5.74) is 1.88. The van der Waals surface area contributed by atoms with Crippen molar-refractivity contribution >= 4 is 28.3 Å². The van der Waals surface area contributed by atoms with Gasteiger partial charge in [0.1, 0.15) is 0 Å². The van der Waals surface area contributed by atoms with E-state index in [0.29, 0.717) is 42.6 Å². The van der Waals surface area contributed by atoms with Crippen molar-refractivity contribution in [2.75, 3.05) is 26.1 Å². The zero-order valence-corrected chi connectivity index (χ0v) is 16.8. The van der Waals surface area contributed by atoms with Gasteiger partial charge in [-0.2, -0.15) is 0 Å². The fourth-order valence-electron chi connectivity index (χ4n) is 3.29. The van der Waals surface area contributed by atoms with E-state index in [4.69, 9.17) is 9.47 Å². The fraction of sp³-hybridized carbons (Fsp3) is 0.450. The number of ether oxygens (including phenoxy) is 2. The molecule has 0 radical (unpaired) electrons. The summed E-state index contributed by atoms with van der Waals surface area (Å²) >= 11 is 1.47. The average molecular weight is 401 g/mol. The predicted octanol–water partition coefficient (Wildman–Crippen LogP) is 2.64. The number of fused-ring (bicyclic) bond motifs is 1. The van der Waals surface area contributed by atoms with Crippen LogP contribution in [0.4, 0.5) is 5.13 Å². The third-order valence-corrected chi connectivity index (χ3v) is 6.06. The molecule has 28 heavy (non-hydrogen) atoms. The second-order valence-corrected chi connectivity index (χ2v) is 8.17. The maximum Gasteiger partial charge on any atom is 0.229 e. The quantitative estimate of drug-likeness (QED) is 0.805. The molecule has 0 saturated heterocycles. The lowest BCUT2D eigenvalue weighted by Crippen LogP contribution is -2.36. The number of anilines is 1. The van der Waals surface area contributed by atoms with Crippen molar-refractivity contribution in [1.29, 1.82) is 0 Å². The van der Waals surface area contributed by atoms with Gasteiger partial charge in [0.25, 0.3) is 0 Å². The smallest absolute Gasteiger partial charge is 0.229 e. The van der Waals surface area contributed by atoms with E-state index in [1.807, 2.05) is 23.1 Å². The summed E-state index contributed by atoms with van der Waals surface area (Å²) in [6.07, 6.45) is 2.95. The number of methoxy groups -OCH3 is 2. The Morgan fingerprint density at radius 2 is 2.04 bits per heavy atom. The molecule has 1 aromatic carbocycles. The van der Waals surface area contributed by atoms with E-state index in [2.05, 4.69) is 10.3 Å². The lowest BCUT2D eigenvalue weighted by molar-refractivity contribution is -0.131. The Balaban J connectivity index is 1.40. The number of nitrogens with one attached hydrogen (secondary N) is 1. The molecule has 0 unspecified atom stereocenters. The van der Waals surface area contributed by atoms with Gasteiger partial charge < -0.3 is 19.7 Å². The Morgan fingerprint density at radius 3 is 2.75 bits per heavy atom. The second-order valence-electron chi connectivity index (χ2n) is 7.08. The molecular weight excluding hydrogens is 378 g/mol. The van der Waals surface area contributed by atoms with Gasteiger partial charge >= 0.3 is 0 Å². The number of amides is 2. The molecule has 0 spiro atoms. The van der Waals surface area contributed by atoms with Crippen molar-refractivity contribution in [1.82, 2.24) is 9.88 Å². The van der Waals surface area contributed by atoms with E-state index in [1.165, 1.54) is 11.3 Å². The highest BCUT2D eigenvalue weighted by Gasteiger charge is 2.31. The number of hydrogen-bond acceptors (Lipinski definition) is 6. The van der Waals surface area contributed by atoms with Gasteiger partial charge in [0, 0.05) is 23.8 Å². The summed E-state index contributed by atoms with van der Waals surface area (Å²) in [6.45, 7) is 1.18. The van der Waals surface area contributed by atoms with E-state index in [-0.39, 0.29) is 17.7 Å². The Labute approximate surface area is 167 Å². The third kappa shape index (κ3) is 3.96. The van der Waals surface area contributed by atoms with Crippen molar-refractivity contribution < 1.29 is 19.1 Å². The molecule has 0 bridgehead atoms. The lowest BCUT2D eigenvalue weighted by atomic mass is 10.1. The first kappa shape index (κ1) is 18.7. The summed E-state index contributed by atoms with van der Waals surface area (Å²) in [4.78, 5) is 32.2. The van der Waals surface area contributed by atoms with Gasteiger partial charge in [-0.25, -0.2) is 4.98 Å². The van der Waals surface area contributed by atoms with Gasteiger partial charge in [0.2, 0.25) is 11.8 Å². The zero-order chi connectivity index (χ0) is 19.7. The van der Waals surface area contributed by atoms with Crippen molar-refractivity contribution in [2.45, 2.75) is 32.2 Å². The molecule has 148 valence electrons. The summed E-state index contributed by atoms with van der Waals surface area (Å²) in [5, 5.41) is 3.56. The van der Waals surface area contributed by atoms with Crippen LogP contribution in [-0.2, 0) is 29.0 Å². The van der Waals surface area contributed by atoms with Crippen molar-refractivity contribution in [3.63, 3.8) is 0 Å². The molecule has 2 heterocycles. The van der Waals surface area contributed by atoms with Crippen LogP contribution in [0.2, 0.25) is 0 Å². The Hall–Kier alpha value is -2.61. The Kier molecular flexibility index (Phi) is 5.21. The molecule has 0 atom stereocenters. The fourth-order valence-corrected chi connectivity index (χ4v) is 4.32. The first-order valence-corrected chi connectivity index (χ1v) is 10.2. The summed E-state index contributed by atoms with van der Waals surface area (Å²) in [5.74, 6) is 1.54. The molecule has 1 saturated carbocycles. The standard InChI is InChI=1S/C20H23N3O4S/c1-26-15-6-3-12(9-16(15)27-2)10-18(24)23-8-7-14-17(11-23)28-20(21-14)22-19(25)13-4-5-13/h3,6,9,13H,4-5,7-8,10-11H2,1-2H3,(H,21,22,25). The topological polar surface area (TPSA) is 80.8 Å². The second kappa shape index (κ2) is 7.79. The highest BCUT2D eigenvalue weighted by molar-refractivity contribution is 7.15. The molecule has 1 N–H and O–H groups in total. The van der Waals surface area contributed by atoms with Crippen LogP contribution in [0, 0.1) is 5.92 Å². The number of rotatable bonds is 6. The molecule has 1 aliphatic carbocycles. The number of carbonyl (C=O) groups excluding carboxylic acids is 2. The minimum atomic E-state index is 0.0625. The van der Waals surface area contributed by atoms with Crippen LogP contribution in [0.1, 0.15) is 29.0 Å². The van der Waals surface area contributed by atoms with Crippen LogP contribution < -0.4 is 14.8 Å². The Morgan fingerprint density at radius 1 is 1.25 bits per heavy atom. The molecule has 8 heteroatoms. The van der Waals surface area contributed by atoms with E-state index in [0.717, 1.165) is 29.0 Å². The maximum absolute atomic E-state index is 12.8. The molecule has 2 aromatic rings. The van der Waals surface area contributed by atoms with Crippen LogP contribution in [0.15, 0.2) is 18.2 Å². The number of benzene rings is 1. The van der Waals surface area contributed by atoms with Gasteiger partial charge in [-0.15, -0.1) is 0 Å². The number of nitrogens with zero attached hydrogens (tertiary/aromatic N) is 2. The van der Waals surface area contributed by atoms with E-state index < -0.39 is 0 Å². The third-order valence-electron chi connectivity index (χ3n) is 5.07. The van der Waals surface area contributed by atoms with Crippen LogP contribution >= 0.6 is 11.3 Å². The van der Waals surface area contributed by atoms with Gasteiger partial charge in [0.05, 0.1) is 32.9 Å². The molecular formula is C20H23N3O4S. The van der Waals surface area contributed by atoms with Crippen LogP contribution in [0.5, 0.6) is 11.5 Å². The predicted molar refractivity (Wildman–Crippen MR) is 106 cm³/mol. The summed E-state index contributed by atoms with van der Waals surface area (Å²) in [6, 6.07) is 5.53. The number of thiazole rings is 1. The van der Waals surface area contributed by atoms with Crippen molar-refractivity contribution in [2.24, 2.45) is 5.92 Å². The highest BCUT2D eigenvalue weighted by Crippen LogP contribution is 2.33. The maximum atomic E-state index is 12.8. The molecule has 2 aliphatic rings. The van der Waals surface area contributed by atoms with Crippen LogP contribution in [0.25, 0.3) is 0 Å². The molecule has 7 nitrogen and oxygen atoms in total. The molecule has 1 aliphatic heterocycles. The molecule has 1 fully saturated rings. The largest absolute Gasteiger partial charge is 0.493 e. The lowest BCUT2D eigenvalue weighted by Gasteiger charge is -2.26. The normalized spacial score (nSPS) is 15.7. The van der Waals surface area contributed by atoms with Gasteiger partial charge in [-0.3, -0.25) is 9.59 Å². The van der Waals surface area contributed by atoms with E-state index in [9.17, 15) is 9.59 Å². The van der Waals surface area contributed by atoms with Gasteiger partial charge in [-0.1, -0.05) is 17.4 Å². The van der Waals surface area contributed by atoms with Crippen molar-refractivity contribution in [3.8, 4) is 11.5 Å². The number of aromatic nitrogens is 1. The monoisotopic (exact) mass is 401 g/mol. The number of hydrogen-bond donors (Lipinski definition) is 1. The first-order chi connectivity index (χ1) is 13.6. The zero-order valence-electron chi connectivity index (χ0n) is 16.0. The molecule has 1 aromatic heterocycles. The summed E-state index contributed by atoms with van der Waals surface area (Å²) < 4.78 is 10.6. The first-order valence-electron chi connectivity index (χ1n) is 9.35. The number of carbonyl (C=O) groups is 2. The average Bonchev–Trinajstić information content (AvgIpc) is 3.48. The van der Waals surface area contributed by atoms with Crippen LogP contribution in [-0.4, -0.2) is 42.5 Å².